The van der Waals surface area contributed by atoms with Crippen LogP contribution in [-0.2, 0) is 0 Å². The number of pyridine rings is 1. The van der Waals surface area contributed by atoms with Crippen LogP contribution in [-0.4, -0.2) is 9.97 Å². The molecule has 0 aliphatic heterocycles. The number of aromatic nitrogens is 1. The average molecular weight is 293 g/mol. The largest absolute Gasteiger partial charge is 0.438 e. The Balaban J connectivity index is 2.36. The summed E-state index contributed by atoms with van der Waals surface area (Å²) in [5.74, 6) is 1.20. The topological polar surface area (TPSA) is 48.1 Å². The van der Waals surface area contributed by atoms with E-state index in [4.69, 9.17) is 34.3 Å². The zero-order chi connectivity index (χ0) is 14.0. The molecule has 3 nitrogen and oxygen atoms in total. The van der Waals surface area contributed by atoms with Crippen LogP contribution in [0.3, 0.4) is 0 Å². The lowest BCUT2D eigenvalue weighted by molar-refractivity contribution is 0.456. The average Bonchev–Trinajstić information content (AvgIpc) is 2.34. The van der Waals surface area contributed by atoms with Crippen molar-refractivity contribution in [3.8, 4) is 11.6 Å². The Hall–Kier alpha value is -1.65. The van der Waals surface area contributed by atoms with E-state index in [1.54, 1.807) is 18.2 Å². The molecule has 0 bridgehead atoms. The second-order valence-corrected chi connectivity index (χ2v) is 5.07. The third-order valence-electron chi connectivity index (χ3n) is 2.61. The Labute approximate surface area is 122 Å². The maximum absolute atomic E-state index is 5.99. The summed E-state index contributed by atoms with van der Waals surface area (Å²) < 4.78 is 5.80. The molecular weight excluding hydrogens is 280 g/mol. The second kappa shape index (κ2) is 5.55. The minimum atomic E-state index is 0.245. The van der Waals surface area contributed by atoms with Crippen molar-refractivity contribution in [3.63, 3.8) is 0 Å². The van der Waals surface area contributed by atoms with Crippen molar-refractivity contribution >= 4 is 28.8 Å². The number of nitrogens with two attached hydrogens (primary N) is 1. The molecule has 19 heavy (non-hydrogen) atoms. The molecule has 0 radical (unpaired) electrons. The number of aryl methyl sites for hydroxylation is 2. The first-order valence-electron chi connectivity index (χ1n) is 5.69. The maximum Gasteiger partial charge on any atom is 0.219 e. The van der Waals surface area contributed by atoms with Crippen molar-refractivity contribution in [2.24, 2.45) is 5.73 Å². The Kier molecular flexibility index (Phi) is 4.02. The SMILES string of the molecule is Cc1cc(Cl)cc(C)c1Oc1cccc(C(N)=S)n1. The molecule has 98 valence electrons. The van der Waals surface area contributed by atoms with Gasteiger partial charge in [-0.25, -0.2) is 4.98 Å². The monoisotopic (exact) mass is 292 g/mol. The highest BCUT2D eigenvalue weighted by atomic mass is 35.5. The molecule has 2 N–H and O–H groups in total. The highest BCUT2D eigenvalue weighted by molar-refractivity contribution is 7.80. The van der Waals surface area contributed by atoms with E-state index in [0.717, 1.165) is 16.9 Å². The molecule has 1 aromatic heterocycles. The number of halogens is 1. The normalized spacial score (nSPS) is 10.3. The number of thiocarbonyl (C=S) groups is 1. The zero-order valence-electron chi connectivity index (χ0n) is 10.6. The third kappa shape index (κ3) is 3.22. The summed E-state index contributed by atoms with van der Waals surface area (Å²) in [7, 11) is 0. The number of nitrogens with zero attached hydrogens (tertiary/aromatic N) is 1. The van der Waals surface area contributed by atoms with Gasteiger partial charge >= 0.3 is 0 Å². The Morgan fingerprint density at radius 1 is 1.26 bits per heavy atom. The molecule has 2 aromatic rings. The summed E-state index contributed by atoms with van der Waals surface area (Å²) in [4.78, 5) is 4.50. The fourth-order valence-corrected chi connectivity index (χ4v) is 2.21. The van der Waals surface area contributed by atoms with Gasteiger partial charge in [-0.05, 0) is 43.2 Å². The van der Waals surface area contributed by atoms with Crippen molar-refractivity contribution in [2.45, 2.75) is 13.8 Å². The molecule has 0 aliphatic rings. The van der Waals surface area contributed by atoms with Gasteiger partial charge in [-0.3, -0.25) is 0 Å². The van der Waals surface area contributed by atoms with E-state index >= 15 is 0 Å². The van der Waals surface area contributed by atoms with Gasteiger partial charge in [0, 0.05) is 11.1 Å². The first-order valence-corrected chi connectivity index (χ1v) is 6.47. The van der Waals surface area contributed by atoms with E-state index < -0.39 is 0 Å². The molecular formula is C14H13ClN2OS. The van der Waals surface area contributed by atoms with E-state index in [1.165, 1.54) is 0 Å². The van der Waals surface area contributed by atoms with Crippen LogP contribution in [0.4, 0.5) is 0 Å². The predicted molar refractivity (Wildman–Crippen MR) is 81.1 cm³/mol. The molecule has 0 amide bonds. The molecule has 5 heteroatoms. The van der Waals surface area contributed by atoms with Crippen LogP contribution < -0.4 is 10.5 Å². The van der Waals surface area contributed by atoms with Crippen molar-refractivity contribution < 1.29 is 4.74 Å². The van der Waals surface area contributed by atoms with Crippen LogP contribution in [0.15, 0.2) is 30.3 Å². The Morgan fingerprint density at radius 2 is 1.89 bits per heavy atom. The summed E-state index contributed by atoms with van der Waals surface area (Å²) in [6, 6.07) is 9.01. The Bertz CT molecular complexity index is 620. The quantitative estimate of drug-likeness (QED) is 0.875. The van der Waals surface area contributed by atoms with Crippen LogP contribution in [0.25, 0.3) is 0 Å². The molecule has 0 atom stereocenters. The zero-order valence-corrected chi connectivity index (χ0v) is 12.2. The Morgan fingerprint density at radius 3 is 2.47 bits per heavy atom. The smallest absolute Gasteiger partial charge is 0.219 e. The number of ether oxygens (including phenoxy) is 1. The molecule has 1 aromatic carbocycles. The van der Waals surface area contributed by atoms with Crippen LogP contribution in [0.1, 0.15) is 16.8 Å². The lowest BCUT2D eigenvalue weighted by atomic mass is 10.1. The van der Waals surface area contributed by atoms with Gasteiger partial charge in [0.2, 0.25) is 5.88 Å². The molecule has 0 aliphatic carbocycles. The van der Waals surface area contributed by atoms with Crippen LogP contribution >= 0.6 is 23.8 Å². The summed E-state index contributed by atoms with van der Waals surface area (Å²) in [6.07, 6.45) is 0. The summed E-state index contributed by atoms with van der Waals surface area (Å²) in [6.45, 7) is 3.87. The third-order valence-corrected chi connectivity index (χ3v) is 3.04. The van der Waals surface area contributed by atoms with Crippen LogP contribution in [0.2, 0.25) is 5.02 Å². The fraction of sp³-hybridized carbons (Fsp3) is 0.143. The van der Waals surface area contributed by atoms with E-state index in [0.29, 0.717) is 16.6 Å². The van der Waals surface area contributed by atoms with Crippen molar-refractivity contribution in [3.05, 3.63) is 52.2 Å². The number of rotatable bonds is 3. The molecule has 0 fully saturated rings. The van der Waals surface area contributed by atoms with Gasteiger partial charge < -0.3 is 10.5 Å². The van der Waals surface area contributed by atoms with E-state index in [1.807, 2.05) is 26.0 Å². The number of benzene rings is 1. The van der Waals surface area contributed by atoms with E-state index in [-0.39, 0.29) is 4.99 Å². The van der Waals surface area contributed by atoms with Crippen LogP contribution in [0, 0.1) is 13.8 Å². The molecule has 0 spiro atoms. The maximum atomic E-state index is 5.99. The number of hydrogen-bond donors (Lipinski definition) is 1. The first-order chi connectivity index (χ1) is 8.97. The molecule has 0 saturated carbocycles. The lowest BCUT2D eigenvalue weighted by Crippen LogP contribution is -2.11. The van der Waals surface area contributed by atoms with Crippen molar-refractivity contribution in [2.75, 3.05) is 0 Å². The van der Waals surface area contributed by atoms with Gasteiger partial charge in [-0.15, -0.1) is 0 Å². The van der Waals surface area contributed by atoms with E-state index in [9.17, 15) is 0 Å². The van der Waals surface area contributed by atoms with Crippen LogP contribution in [0.5, 0.6) is 11.6 Å². The second-order valence-electron chi connectivity index (χ2n) is 4.20. The summed E-state index contributed by atoms with van der Waals surface area (Å²) in [5.41, 5.74) is 7.99. The standard InChI is InChI=1S/C14H13ClN2OS/c1-8-6-10(15)7-9(2)13(8)18-12-5-3-4-11(17-12)14(16)19/h3-7H,1-2H3,(H2,16,19). The minimum absolute atomic E-state index is 0.245. The van der Waals surface area contributed by atoms with Gasteiger partial charge in [0.1, 0.15) is 16.4 Å². The predicted octanol–water partition coefficient (Wildman–Crippen LogP) is 3.78. The first kappa shape index (κ1) is 13.8. The van der Waals surface area contributed by atoms with E-state index in [2.05, 4.69) is 4.98 Å². The van der Waals surface area contributed by atoms with Crippen molar-refractivity contribution in [1.29, 1.82) is 0 Å². The highest BCUT2D eigenvalue weighted by Crippen LogP contribution is 2.30. The van der Waals surface area contributed by atoms with Gasteiger partial charge in [-0.1, -0.05) is 29.9 Å². The summed E-state index contributed by atoms with van der Waals surface area (Å²) >= 11 is 10.9. The minimum Gasteiger partial charge on any atom is -0.438 e. The molecule has 0 unspecified atom stereocenters. The molecule has 0 saturated heterocycles. The molecule has 1 heterocycles. The van der Waals surface area contributed by atoms with Gasteiger partial charge in [0.05, 0.1) is 0 Å². The number of hydrogen-bond acceptors (Lipinski definition) is 3. The van der Waals surface area contributed by atoms with Gasteiger partial charge in [-0.2, -0.15) is 0 Å². The molecule has 2 rings (SSSR count). The summed E-state index contributed by atoms with van der Waals surface area (Å²) in [5, 5.41) is 0.687. The van der Waals surface area contributed by atoms with Gasteiger partial charge in [0.25, 0.3) is 0 Å². The highest BCUT2D eigenvalue weighted by Gasteiger charge is 2.09. The van der Waals surface area contributed by atoms with Crippen molar-refractivity contribution in [1.82, 2.24) is 4.98 Å². The lowest BCUT2D eigenvalue weighted by Gasteiger charge is -2.12. The van der Waals surface area contributed by atoms with Gasteiger partial charge in [0.15, 0.2) is 0 Å². The fourth-order valence-electron chi connectivity index (χ4n) is 1.77.